The molecule has 0 aliphatic heterocycles. The van der Waals surface area contributed by atoms with Gasteiger partial charge in [0, 0.05) is 21.7 Å². The largest absolute Gasteiger partial charge is 0.457 e. The zero-order chi connectivity index (χ0) is 16.7. The van der Waals surface area contributed by atoms with Gasteiger partial charge in [0.25, 0.3) is 0 Å². The third-order valence-corrected chi connectivity index (χ3v) is 4.21. The fraction of sp³-hybridized carbons (Fsp3) is 0. The summed E-state index contributed by atoms with van der Waals surface area (Å²) >= 11 is 5.87. The van der Waals surface area contributed by atoms with Crippen molar-refractivity contribution in [3.63, 3.8) is 0 Å². The lowest BCUT2D eigenvalue weighted by Crippen LogP contribution is -2.21. The molecule has 0 radical (unpaired) electrons. The van der Waals surface area contributed by atoms with Crippen molar-refractivity contribution in [3.8, 4) is 11.5 Å². The van der Waals surface area contributed by atoms with Crippen molar-refractivity contribution in [1.82, 2.24) is 0 Å². The van der Waals surface area contributed by atoms with Crippen LogP contribution in [0.2, 0.25) is 5.02 Å². The lowest BCUT2D eigenvalue weighted by molar-refractivity contribution is 0.0977. The topological polar surface area (TPSA) is 43.4 Å². The second-order valence-corrected chi connectivity index (χ2v) is 5.87. The average Bonchev–Trinajstić information content (AvgIpc) is 2.61. The van der Waals surface area contributed by atoms with Crippen LogP contribution in [0.15, 0.2) is 66.7 Å². The molecule has 4 heteroatoms. The summed E-state index contributed by atoms with van der Waals surface area (Å²) in [7, 11) is 0. The summed E-state index contributed by atoms with van der Waals surface area (Å²) in [5, 5.41) is 0.595. The van der Waals surface area contributed by atoms with Crippen molar-refractivity contribution in [3.05, 3.63) is 94.0 Å². The Kier molecular flexibility index (Phi) is 3.44. The van der Waals surface area contributed by atoms with Gasteiger partial charge in [0.1, 0.15) is 11.5 Å². The van der Waals surface area contributed by atoms with E-state index < -0.39 is 0 Å². The summed E-state index contributed by atoms with van der Waals surface area (Å²) in [5.74, 6) is 0.543. The Labute approximate surface area is 143 Å². The molecule has 116 valence electrons. The standard InChI is InChI=1S/C20H11ClO3/c21-12-8-10-13(11-9-12)24-17-7-3-6-16-18(17)20(23)15-5-2-1-4-14(15)19(16)22/h1-11H. The maximum absolute atomic E-state index is 12.9. The van der Waals surface area contributed by atoms with Crippen LogP contribution in [0.3, 0.4) is 0 Å². The molecular formula is C20H11ClO3. The molecule has 0 aromatic heterocycles. The smallest absolute Gasteiger partial charge is 0.198 e. The zero-order valence-corrected chi connectivity index (χ0v) is 13.2. The van der Waals surface area contributed by atoms with E-state index in [1.807, 2.05) is 0 Å². The number of ketones is 2. The molecule has 0 heterocycles. The summed E-state index contributed by atoms with van der Waals surface area (Å²) in [5.41, 5.74) is 1.50. The maximum atomic E-state index is 12.9. The zero-order valence-electron chi connectivity index (χ0n) is 12.5. The highest BCUT2D eigenvalue weighted by Crippen LogP contribution is 2.35. The minimum absolute atomic E-state index is 0.165. The predicted octanol–water partition coefficient (Wildman–Crippen LogP) is 4.91. The van der Waals surface area contributed by atoms with Crippen LogP contribution in [0.4, 0.5) is 0 Å². The lowest BCUT2D eigenvalue weighted by Gasteiger charge is -2.20. The van der Waals surface area contributed by atoms with E-state index in [1.54, 1.807) is 66.7 Å². The highest BCUT2D eigenvalue weighted by molar-refractivity contribution is 6.30. The third kappa shape index (κ3) is 2.30. The van der Waals surface area contributed by atoms with Gasteiger partial charge in [-0.15, -0.1) is 0 Å². The number of carbonyl (C=O) groups excluding carboxylic acids is 2. The van der Waals surface area contributed by atoms with E-state index in [9.17, 15) is 9.59 Å². The quantitative estimate of drug-likeness (QED) is 0.523. The van der Waals surface area contributed by atoms with Crippen molar-refractivity contribution < 1.29 is 14.3 Å². The van der Waals surface area contributed by atoms with Gasteiger partial charge >= 0.3 is 0 Å². The number of hydrogen-bond acceptors (Lipinski definition) is 3. The molecule has 0 fully saturated rings. The molecule has 0 amide bonds. The van der Waals surface area contributed by atoms with Crippen molar-refractivity contribution in [2.24, 2.45) is 0 Å². The predicted molar refractivity (Wildman–Crippen MR) is 91.3 cm³/mol. The number of hydrogen-bond donors (Lipinski definition) is 0. The second-order valence-electron chi connectivity index (χ2n) is 5.44. The third-order valence-electron chi connectivity index (χ3n) is 3.96. The Morgan fingerprint density at radius 1 is 0.667 bits per heavy atom. The molecule has 0 N–H and O–H groups in total. The number of ether oxygens (including phenoxy) is 1. The maximum Gasteiger partial charge on any atom is 0.198 e. The van der Waals surface area contributed by atoms with E-state index >= 15 is 0 Å². The molecule has 4 rings (SSSR count). The first kappa shape index (κ1) is 14.7. The van der Waals surface area contributed by atoms with Crippen LogP contribution in [0.25, 0.3) is 0 Å². The Morgan fingerprint density at radius 3 is 2.00 bits per heavy atom. The van der Waals surface area contributed by atoms with E-state index in [1.165, 1.54) is 0 Å². The number of carbonyl (C=O) groups is 2. The molecule has 24 heavy (non-hydrogen) atoms. The second kappa shape index (κ2) is 5.62. The molecule has 3 nitrogen and oxygen atoms in total. The number of halogens is 1. The van der Waals surface area contributed by atoms with E-state index in [2.05, 4.69) is 0 Å². The Hall–Kier alpha value is -2.91. The first-order chi connectivity index (χ1) is 11.6. The Morgan fingerprint density at radius 2 is 1.29 bits per heavy atom. The SMILES string of the molecule is O=C1c2ccccc2C(=O)c2c(Oc3ccc(Cl)cc3)cccc21. The van der Waals surface area contributed by atoms with Crippen LogP contribution >= 0.6 is 11.6 Å². The molecule has 0 bridgehead atoms. The van der Waals surface area contributed by atoms with Crippen LogP contribution in [0.5, 0.6) is 11.5 Å². The average molecular weight is 335 g/mol. The molecular weight excluding hydrogens is 324 g/mol. The van der Waals surface area contributed by atoms with Crippen molar-refractivity contribution >= 4 is 23.2 Å². The fourth-order valence-corrected chi connectivity index (χ4v) is 2.95. The van der Waals surface area contributed by atoms with Gasteiger partial charge in [-0.2, -0.15) is 0 Å². The Bertz CT molecular complexity index is 974. The van der Waals surface area contributed by atoms with Crippen LogP contribution < -0.4 is 4.74 Å². The van der Waals surface area contributed by atoms with Gasteiger partial charge in [-0.1, -0.05) is 48.0 Å². The summed E-state index contributed by atoms with van der Waals surface area (Å²) < 4.78 is 5.83. The monoisotopic (exact) mass is 334 g/mol. The van der Waals surface area contributed by atoms with Gasteiger partial charge in [0.2, 0.25) is 0 Å². The first-order valence-corrected chi connectivity index (χ1v) is 7.78. The summed E-state index contributed by atoms with van der Waals surface area (Å²) in [4.78, 5) is 25.5. The summed E-state index contributed by atoms with van der Waals surface area (Å²) in [6, 6.07) is 18.7. The summed E-state index contributed by atoms with van der Waals surface area (Å²) in [6.07, 6.45) is 0. The Balaban J connectivity index is 1.83. The van der Waals surface area contributed by atoms with Gasteiger partial charge in [0.05, 0.1) is 5.56 Å². The van der Waals surface area contributed by atoms with Crippen LogP contribution in [0.1, 0.15) is 31.8 Å². The lowest BCUT2D eigenvalue weighted by atomic mass is 9.83. The molecule has 3 aromatic rings. The van der Waals surface area contributed by atoms with Gasteiger partial charge < -0.3 is 4.74 Å². The number of benzene rings is 3. The molecule has 0 spiro atoms. The van der Waals surface area contributed by atoms with Crippen molar-refractivity contribution in [2.75, 3.05) is 0 Å². The molecule has 1 aliphatic rings. The number of fused-ring (bicyclic) bond motifs is 2. The number of rotatable bonds is 2. The van der Waals surface area contributed by atoms with Gasteiger partial charge in [-0.05, 0) is 30.3 Å². The minimum atomic E-state index is -0.204. The fourth-order valence-electron chi connectivity index (χ4n) is 2.83. The van der Waals surface area contributed by atoms with E-state index in [0.717, 1.165) is 0 Å². The molecule has 0 saturated carbocycles. The normalized spacial score (nSPS) is 12.5. The molecule has 1 aliphatic carbocycles. The van der Waals surface area contributed by atoms with Gasteiger partial charge in [-0.25, -0.2) is 0 Å². The van der Waals surface area contributed by atoms with Crippen LogP contribution in [0, 0.1) is 0 Å². The molecule has 0 atom stereocenters. The molecule has 3 aromatic carbocycles. The van der Waals surface area contributed by atoms with E-state index in [4.69, 9.17) is 16.3 Å². The highest BCUT2D eigenvalue weighted by atomic mass is 35.5. The minimum Gasteiger partial charge on any atom is -0.457 e. The van der Waals surface area contributed by atoms with Crippen molar-refractivity contribution in [1.29, 1.82) is 0 Å². The summed E-state index contributed by atoms with van der Waals surface area (Å²) in [6.45, 7) is 0. The van der Waals surface area contributed by atoms with E-state index in [0.29, 0.717) is 38.8 Å². The van der Waals surface area contributed by atoms with Crippen LogP contribution in [-0.2, 0) is 0 Å². The highest BCUT2D eigenvalue weighted by Gasteiger charge is 2.32. The first-order valence-electron chi connectivity index (χ1n) is 7.40. The van der Waals surface area contributed by atoms with Crippen LogP contribution in [-0.4, -0.2) is 11.6 Å². The van der Waals surface area contributed by atoms with Gasteiger partial charge in [0.15, 0.2) is 11.6 Å². The van der Waals surface area contributed by atoms with Gasteiger partial charge in [-0.3, -0.25) is 9.59 Å². The van der Waals surface area contributed by atoms with E-state index in [-0.39, 0.29) is 11.6 Å². The van der Waals surface area contributed by atoms with Crippen molar-refractivity contribution in [2.45, 2.75) is 0 Å². The molecule has 0 unspecified atom stereocenters. The molecule has 0 saturated heterocycles.